The molecule has 0 heterocycles. The SMILES string of the molecule is COc1ccc(C(=O)Nc2ccccc2C(=O)NCCc2ccc(OC)c(OC)c2)cc1C. The molecule has 0 saturated heterocycles. The van der Waals surface area contributed by atoms with Crippen LogP contribution in [0.15, 0.2) is 60.7 Å². The number of hydrogen-bond donors (Lipinski definition) is 2. The molecule has 3 rings (SSSR count). The van der Waals surface area contributed by atoms with Gasteiger partial charge in [-0.3, -0.25) is 9.59 Å². The van der Waals surface area contributed by atoms with E-state index < -0.39 is 0 Å². The van der Waals surface area contributed by atoms with E-state index in [-0.39, 0.29) is 11.8 Å². The lowest BCUT2D eigenvalue weighted by Crippen LogP contribution is -2.27. The zero-order valence-corrected chi connectivity index (χ0v) is 19.2. The summed E-state index contributed by atoms with van der Waals surface area (Å²) in [6.45, 7) is 2.30. The van der Waals surface area contributed by atoms with Crippen molar-refractivity contribution in [3.8, 4) is 17.2 Å². The van der Waals surface area contributed by atoms with Gasteiger partial charge in [-0.25, -0.2) is 0 Å². The molecule has 7 heteroatoms. The Bertz CT molecular complexity index is 1140. The highest BCUT2D eigenvalue weighted by atomic mass is 16.5. The fraction of sp³-hybridized carbons (Fsp3) is 0.231. The van der Waals surface area contributed by atoms with Crippen LogP contribution in [-0.4, -0.2) is 39.7 Å². The maximum atomic E-state index is 12.8. The van der Waals surface area contributed by atoms with Crippen LogP contribution in [0.4, 0.5) is 5.69 Å². The monoisotopic (exact) mass is 448 g/mol. The van der Waals surface area contributed by atoms with E-state index in [4.69, 9.17) is 14.2 Å². The zero-order valence-electron chi connectivity index (χ0n) is 19.2. The Labute approximate surface area is 193 Å². The van der Waals surface area contributed by atoms with Crippen LogP contribution in [0.3, 0.4) is 0 Å². The molecule has 0 aliphatic heterocycles. The Kier molecular flexibility index (Phi) is 7.91. The van der Waals surface area contributed by atoms with Crippen molar-refractivity contribution < 1.29 is 23.8 Å². The molecule has 2 N–H and O–H groups in total. The highest BCUT2D eigenvalue weighted by Crippen LogP contribution is 2.27. The van der Waals surface area contributed by atoms with Gasteiger partial charge in [0.25, 0.3) is 11.8 Å². The van der Waals surface area contributed by atoms with Gasteiger partial charge in [0.15, 0.2) is 11.5 Å². The van der Waals surface area contributed by atoms with Gasteiger partial charge in [-0.05, 0) is 66.9 Å². The van der Waals surface area contributed by atoms with E-state index in [0.717, 1.165) is 11.1 Å². The molecule has 0 aliphatic carbocycles. The molecule has 0 saturated carbocycles. The molecule has 33 heavy (non-hydrogen) atoms. The number of ether oxygens (including phenoxy) is 3. The summed E-state index contributed by atoms with van der Waals surface area (Å²) in [5, 5.41) is 5.75. The minimum absolute atomic E-state index is 0.266. The molecule has 3 aromatic carbocycles. The van der Waals surface area contributed by atoms with Gasteiger partial charge in [-0.1, -0.05) is 18.2 Å². The number of hydrogen-bond acceptors (Lipinski definition) is 5. The number of methoxy groups -OCH3 is 3. The van der Waals surface area contributed by atoms with Crippen molar-refractivity contribution in [3.05, 3.63) is 82.9 Å². The highest BCUT2D eigenvalue weighted by Gasteiger charge is 2.15. The Morgan fingerprint density at radius 1 is 0.788 bits per heavy atom. The topological polar surface area (TPSA) is 85.9 Å². The van der Waals surface area contributed by atoms with Crippen LogP contribution in [0.2, 0.25) is 0 Å². The fourth-order valence-corrected chi connectivity index (χ4v) is 3.46. The third-order valence-electron chi connectivity index (χ3n) is 5.22. The molecule has 0 aromatic heterocycles. The molecular formula is C26H28N2O5. The van der Waals surface area contributed by atoms with Crippen molar-refractivity contribution in [2.75, 3.05) is 33.2 Å². The van der Waals surface area contributed by atoms with Crippen molar-refractivity contribution in [3.63, 3.8) is 0 Å². The molecule has 2 amide bonds. The Morgan fingerprint density at radius 2 is 1.48 bits per heavy atom. The summed E-state index contributed by atoms with van der Waals surface area (Å²) < 4.78 is 15.8. The molecule has 0 spiro atoms. The van der Waals surface area contributed by atoms with E-state index in [1.54, 1.807) is 63.8 Å². The van der Waals surface area contributed by atoms with Gasteiger partial charge >= 0.3 is 0 Å². The minimum atomic E-state index is -0.300. The molecule has 0 atom stereocenters. The molecule has 0 radical (unpaired) electrons. The molecule has 3 aromatic rings. The van der Waals surface area contributed by atoms with Crippen LogP contribution in [0.5, 0.6) is 17.2 Å². The molecule has 0 aliphatic rings. The number of amides is 2. The molecule has 172 valence electrons. The first-order valence-electron chi connectivity index (χ1n) is 10.5. The summed E-state index contributed by atoms with van der Waals surface area (Å²) in [5.41, 5.74) is 3.18. The van der Waals surface area contributed by atoms with Crippen molar-refractivity contribution in [2.45, 2.75) is 13.3 Å². The summed E-state index contributed by atoms with van der Waals surface area (Å²) in [7, 11) is 4.76. The Hall–Kier alpha value is -4.00. The largest absolute Gasteiger partial charge is 0.496 e. The molecule has 7 nitrogen and oxygen atoms in total. The zero-order chi connectivity index (χ0) is 23.8. The lowest BCUT2D eigenvalue weighted by atomic mass is 10.1. The summed E-state index contributed by atoms with van der Waals surface area (Å²) in [6, 6.07) is 17.8. The summed E-state index contributed by atoms with van der Waals surface area (Å²) in [6.07, 6.45) is 0.617. The first kappa shape index (κ1) is 23.7. The number of anilines is 1. The first-order valence-corrected chi connectivity index (χ1v) is 10.5. The van der Waals surface area contributed by atoms with Gasteiger partial charge in [0.1, 0.15) is 5.75 Å². The van der Waals surface area contributed by atoms with Crippen molar-refractivity contribution in [1.29, 1.82) is 0 Å². The minimum Gasteiger partial charge on any atom is -0.496 e. The molecule has 0 unspecified atom stereocenters. The van der Waals surface area contributed by atoms with E-state index in [2.05, 4.69) is 10.6 Å². The molecule has 0 fully saturated rings. The standard InChI is InChI=1S/C26H28N2O5/c1-17-15-19(10-12-22(17)31-2)25(29)28-21-8-6-5-7-20(21)26(30)27-14-13-18-9-11-23(32-3)24(16-18)33-4/h5-12,15-16H,13-14H2,1-4H3,(H,27,30)(H,28,29). The van der Waals surface area contributed by atoms with Crippen molar-refractivity contribution >= 4 is 17.5 Å². The number of carbonyl (C=O) groups excluding carboxylic acids is 2. The second-order valence-electron chi connectivity index (χ2n) is 7.38. The predicted molar refractivity (Wildman–Crippen MR) is 128 cm³/mol. The molecule has 0 bridgehead atoms. The Morgan fingerprint density at radius 3 is 2.18 bits per heavy atom. The van der Waals surface area contributed by atoms with Crippen molar-refractivity contribution in [1.82, 2.24) is 5.32 Å². The second kappa shape index (κ2) is 11.0. The van der Waals surface area contributed by atoms with Crippen LogP contribution in [-0.2, 0) is 6.42 Å². The lowest BCUT2D eigenvalue weighted by Gasteiger charge is -2.13. The average Bonchev–Trinajstić information content (AvgIpc) is 2.84. The van der Waals surface area contributed by atoms with Crippen LogP contribution in [0.25, 0.3) is 0 Å². The van der Waals surface area contributed by atoms with Gasteiger partial charge in [0.05, 0.1) is 32.6 Å². The summed E-state index contributed by atoms with van der Waals surface area (Å²) in [5.74, 6) is 1.44. The number of rotatable bonds is 9. The van der Waals surface area contributed by atoms with Crippen LogP contribution in [0, 0.1) is 6.92 Å². The third kappa shape index (κ3) is 5.83. The highest BCUT2D eigenvalue weighted by molar-refractivity contribution is 6.09. The number of carbonyl (C=O) groups is 2. The maximum absolute atomic E-state index is 12.8. The predicted octanol–water partition coefficient (Wildman–Crippen LogP) is 4.25. The van der Waals surface area contributed by atoms with E-state index in [1.165, 1.54) is 0 Å². The Balaban J connectivity index is 1.65. The van der Waals surface area contributed by atoms with Crippen LogP contribution >= 0.6 is 0 Å². The smallest absolute Gasteiger partial charge is 0.255 e. The van der Waals surface area contributed by atoms with E-state index in [0.29, 0.717) is 47.0 Å². The first-order chi connectivity index (χ1) is 16.0. The van der Waals surface area contributed by atoms with E-state index >= 15 is 0 Å². The summed E-state index contributed by atoms with van der Waals surface area (Å²) in [4.78, 5) is 25.6. The van der Waals surface area contributed by atoms with Gasteiger partial charge in [-0.15, -0.1) is 0 Å². The fourth-order valence-electron chi connectivity index (χ4n) is 3.46. The number of benzene rings is 3. The number of nitrogens with one attached hydrogen (secondary N) is 2. The quantitative estimate of drug-likeness (QED) is 0.511. The van der Waals surface area contributed by atoms with Crippen molar-refractivity contribution in [2.24, 2.45) is 0 Å². The van der Waals surface area contributed by atoms with Gasteiger partial charge < -0.3 is 24.8 Å². The second-order valence-corrected chi connectivity index (χ2v) is 7.38. The van der Waals surface area contributed by atoms with Gasteiger partial charge in [0.2, 0.25) is 0 Å². The third-order valence-corrected chi connectivity index (χ3v) is 5.22. The van der Waals surface area contributed by atoms with E-state index in [9.17, 15) is 9.59 Å². The van der Waals surface area contributed by atoms with E-state index in [1.807, 2.05) is 25.1 Å². The maximum Gasteiger partial charge on any atom is 0.255 e. The normalized spacial score (nSPS) is 10.3. The molecular weight excluding hydrogens is 420 g/mol. The van der Waals surface area contributed by atoms with Crippen LogP contribution < -0.4 is 24.8 Å². The average molecular weight is 449 g/mol. The van der Waals surface area contributed by atoms with Gasteiger partial charge in [-0.2, -0.15) is 0 Å². The summed E-state index contributed by atoms with van der Waals surface area (Å²) >= 11 is 0. The number of para-hydroxylation sites is 1. The van der Waals surface area contributed by atoms with Gasteiger partial charge in [0, 0.05) is 12.1 Å². The van der Waals surface area contributed by atoms with Crippen LogP contribution in [0.1, 0.15) is 31.8 Å². The lowest BCUT2D eigenvalue weighted by molar-refractivity contribution is 0.0955. The number of aryl methyl sites for hydroxylation is 1.